The summed E-state index contributed by atoms with van der Waals surface area (Å²) in [6.07, 6.45) is 0.789. The molecule has 0 saturated carbocycles. The summed E-state index contributed by atoms with van der Waals surface area (Å²) in [6, 6.07) is 16.4. The van der Waals surface area contributed by atoms with Crippen LogP contribution in [0.25, 0.3) is 0 Å². The first-order chi connectivity index (χ1) is 21.6. The van der Waals surface area contributed by atoms with Gasteiger partial charge in [-0.1, -0.05) is 48.5 Å². The lowest BCUT2D eigenvalue weighted by atomic mass is 9.98. The zero-order valence-corrected chi connectivity index (χ0v) is 25.2. The lowest BCUT2D eigenvalue weighted by Gasteiger charge is -2.55. The number of nitrogens with zero attached hydrogens (tertiary/aromatic N) is 5. The van der Waals surface area contributed by atoms with Gasteiger partial charge in [0.1, 0.15) is 18.0 Å². The molecule has 0 radical (unpaired) electrons. The van der Waals surface area contributed by atoms with E-state index < -0.39 is 35.8 Å². The highest BCUT2D eigenvalue weighted by Gasteiger charge is 2.51. The third kappa shape index (κ3) is 6.75. The van der Waals surface area contributed by atoms with Crippen LogP contribution in [0.5, 0.6) is 5.75 Å². The number of piperazine rings is 1. The zero-order chi connectivity index (χ0) is 32.2. The molecule has 2 N–H and O–H groups in total. The van der Waals surface area contributed by atoms with Crippen molar-refractivity contribution in [3.63, 3.8) is 0 Å². The molecule has 2 aliphatic heterocycles. The van der Waals surface area contributed by atoms with Crippen LogP contribution in [-0.2, 0) is 29.1 Å². The molecule has 0 bridgehead atoms. The van der Waals surface area contributed by atoms with Crippen molar-refractivity contribution in [2.75, 3.05) is 38.6 Å². The number of hydrogen-bond donors (Lipinski definition) is 2. The van der Waals surface area contributed by atoms with Crippen molar-refractivity contribution in [1.29, 1.82) is 0 Å². The minimum Gasteiger partial charge on any atom is -0.508 e. The highest BCUT2D eigenvalue weighted by atomic mass is 19.2. The van der Waals surface area contributed by atoms with Crippen LogP contribution in [-0.4, -0.2) is 88.7 Å². The molecule has 2 heterocycles. The summed E-state index contributed by atoms with van der Waals surface area (Å²) in [7, 11) is 3.38. The van der Waals surface area contributed by atoms with E-state index in [-0.39, 0.29) is 50.8 Å². The van der Waals surface area contributed by atoms with Crippen LogP contribution in [0.4, 0.5) is 19.3 Å². The average molecular weight is 619 g/mol. The van der Waals surface area contributed by atoms with E-state index in [9.17, 15) is 28.3 Å². The number of rotatable bonds is 9. The Morgan fingerprint density at radius 1 is 1.04 bits per heavy atom. The van der Waals surface area contributed by atoms with E-state index in [1.165, 1.54) is 26.9 Å². The lowest BCUT2D eigenvalue weighted by molar-refractivity contribution is -0.189. The zero-order valence-electron chi connectivity index (χ0n) is 25.2. The van der Waals surface area contributed by atoms with Crippen LogP contribution in [0.1, 0.15) is 16.7 Å². The number of carbonyl (C=O) groups excluding carboxylic acids is 3. The van der Waals surface area contributed by atoms with E-state index in [0.717, 1.165) is 17.7 Å². The molecule has 236 valence electrons. The Kier molecular flexibility index (Phi) is 9.33. The van der Waals surface area contributed by atoms with Crippen molar-refractivity contribution in [3.8, 4) is 5.75 Å². The predicted octanol–water partition coefficient (Wildman–Crippen LogP) is 3.47. The molecule has 45 heavy (non-hydrogen) atoms. The van der Waals surface area contributed by atoms with Crippen LogP contribution >= 0.6 is 0 Å². The number of urea groups is 1. The highest BCUT2D eigenvalue weighted by molar-refractivity contribution is 5.91. The maximum absolute atomic E-state index is 14.5. The summed E-state index contributed by atoms with van der Waals surface area (Å²) in [6.45, 7) is 3.90. The van der Waals surface area contributed by atoms with Gasteiger partial charge in [-0.15, -0.1) is 6.58 Å². The molecule has 2 aliphatic rings. The molecule has 4 amide bonds. The van der Waals surface area contributed by atoms with Gasteiger partial charge in [-0.05, 0) is 34.9 Å². The molecule has 10 nitrogen and oxygen atoms in total. The molecule has 3 aromatic rings. The summed E-state index contributed by atoms with van der Waals surface area (Å²) in [5.41, 5.74) is 2.33. The van der Waals surface area contributed by atoms with Gasteiger partial charge in [-0.2, -0.15) is 0 Å². The molecule has 0 aliphatic carbocycles. The molecule has 2 atom stereocenters. The quantitative estimate of drug-likeness (QED) is 0.357. The summed E-state index contributed by atoms with van der Waals surface area (Å²) in [5, 5.41) is 15.8. The molecular weight excluding hydrogens is 582 g/mol. The van der Waals surface area contributed by atoms with Gasteiger partial charge in [0.05, 0.1) is 13.1 Å². The molecule has 12 heteroatoms. The second-order valence-electron chi connectivity index (χ2n) is 11.3. The average Bonchev–Trinajstić information content (AvgIpc) is 3.01. The third-order valence-corrected chi connectivity index (χ3v) is 7.99. The second-order valence-corrected chi connectivity index (χ2v) is 11.3. The Labute approximate surface area is 260 Å². The van der Waals surface area contributed by atoms with Gasteiger partial charge in [-0.25, -0.2) is 23.6 Å². The number of amides is 4. The van der Waals surface area contributed by atoms with Crippen LogP contribution in [0.15, 0.2) is 79.4 Å². The molecule has 2 saturated heterocycles. The summed E-state index contributed by atoms with van der Waals surface area (Å²) < 4.78 is 28.7. The first kappa shape index (κ1) is 31.5. The molecule has 0 aromatic heterocycles. The number of aromatic hydroxyl groups is 1. The van der Waals surface area contributed by atoms with Crippen molar-refractivity contribution < 1.29 is 28.3 Å². The Morgan fingerprint density at radius 3 is 2.40 bits per heavy atom. The Bertz CT molecular complexity index is 1570. The predicted molar refractivity (Wildman–Crippen MR) is 165 cm³/mol. The van der Waals surface area contributed by atoms with Crippen LogP contribution < -0.4 is 10.2 Å². The first-order valence-electron chi connectivity index (χ1n) is 14.6. The number of carbonyl (C=O) groups is 3. The minimum absolute atomic E-state index is 0.0538. The standard InChI is InChI=1S/C33H36F2N6O4/c1-4-14-39-21-31(43)40-29(15-22-10-12-25(42)13-11-22)32(44)38(19-24-16-26(34)27(35)17-28(24)37(2)3)20-30(40)41(39)33(45)36-18-23-8-6-5-7-9-23/h4-13,16-17,29-30,42H,1,14-15,18-21H2,2-3H3,(H,36,45)/t29-,30+/m1/s1. The monoisotopic (exact) mass is 618 g/mol. The Balaban J connectivity index is 1.54. The largest absolute Gasteiger partial charge is 0.508 e. The minimum atomic E-state index is -1.05. The number of phenolic OH excluding ortho intramolecular Hbond substituents is 1. The van der Waals surface area contributed by atoms with E-state index in [0.29, 0.717) is 16.8 Å². The maximum atomic E-state index is 14.5. The fourth-order valence-electron chi connectivity index (χ4n) is 5.88. The fraction of sp³-hybridized carbons (Fsp3) is 0.303. The van der Waals surface area contributed by atoms with Crippen LogP contribution in [0, 0.1) is 11.6 Å². The van der Waals surface area contributed by atoms with Crippen LogP contribution in [0.3, 0.4) is 0 Å². The first-order valence-corrected chi connectivity index (χ1v) is 14.6. The van der Waals surface area contributed by atoms with E-state index in [2.05, 4.69) is 11.9 Å². The number of nitrogens with one attached hydrogen (secondary N) is 1. The van der Waals surface area contributed by atoms with E-state index >= 15 is 0 Å². The SMILES string of the molecule is C=CCN1CC(=O)N2[C@H](Cc3ccc(O)cc3)C(=O)N(Cc3cc(F)c(F)cc3N(C)C)C[C@@H]2N1C(=O)NCc1ccccc1. The van der Waals surface area contributed by atoms with Crippen molar-refractivity contribution in [3.05, 3.63) is 108 Å². The normalized spacial score (nSPS) is 18.5. The summed E-state index contributed by atoms with van der Waals surface area (Å²) in [4.78, 5) is 46.3. The molecule has 3 aromatic carbocycles. The number of hydrogen-bond acceptors (Lipinski definition) is 6. The molecule has 2 fully saturated rings. The van der Waals surface area contributed by atoms with Crippen LogP contribution in [0.2, 0.25) is 0 Å². The number of benzene rings is 3. The van der Waals surface area contributed by atoms with Crippen molar-refractivity contribution in [2.45, 2.75) is 31.7 Å². The van der Waals surface area contributed by atoms with Gasteiger partial charge >= 0.3 is 6.03 Å². The maximum Gasteiger partial charge on any atom is 0.334 e. The van der Waals surface area contributed by atoms with Crippen molar-refractivity contribution in [1.82, 2.24) is 25.1 Å². The van der Waals surface area contributed by atoms with Gasteiger partial charge in [0.15, 0.2) is 11.6 Å². The second kappa shape index (κ2) is 13.3. The van der Waals surface area contributed by atoms with Gasteiger partial charge in [0.2, 0.25) is 11.8 Å². The molecular formula is C33H36F2N6O4. The van der Waals surface area contributed by atoms with Gasteiger partial charge in [0.25, 0.3) is 0 Å². The van der Waals surface area contributed by atoms with E-state index in [4.69, 9.17) is 0 Å². The topological polar surface area (TPSA) is 99.7 Å². The number of phenols is 1. The summed E-state index contributed by atoms with van der Waals surface area (Å²) in [5.74, 6) is -2.74. The highest BCUT2D eigenvalue weighted by Crippen LogP contribution is 2.31. The number of fused-ring (bicyclic) bond motifs is 1. The van der Waals surface area contributed by atoms with E-state index in [1.54, 1.807) is 42.2 Å². The van der Waals surface area contributed by atoms with Crippen molar-refractivity contribution in [2.24, 2.45) is 0 Å². The molecule has 0 unspecified atom stereocenters. The summed E-state index contributed by atoms with van der Waals surface area (Å²) >= 11 is 0. The van der Waals surface area contributed by atoms with Gasteiger partial charge < -0.3 is 25.1 Å². The van der Waals surface area contributed by atoms with Crippen molar-refractivity contribution >= 4 is 23.5 Å². The molecule has 0 spiro atoms. The molecule has 5 rings (SSSR count). The van der Waals surface area contributed by atoms with Gasteiger partial charge in [0, 0.05) is 51.9 Å². The van der Waals surface area contributed by atoms with E-state index in [1.807, 2.05) is 30.3 Å². The fourth-order valence-corrected chi connectivity index (χ4v) is 5.88. The number of halogens is 2. The Hall–Kier alpha value is -4.97. The van der Waals surface area contributed by atoms with Gasteiger partial charge in [-0.3, -0.25) is 9.59 Å². The number of anilines is 1. The smallest absolute Gasteiger partial charge is 0.334 e. The third-order valence-electron chi connectivity index (χ3n) is 7.99. The lowest BCUT2D eigenvalue weighted by Crippen LogP contribution is -2.76. The number of hydrazine groups is 1. The Morgan fingerprint density at radius 2 is 1.73 bits per heavy atom.